The van der Waals surface area contributed by atoms with E-state index in [1.54, 1.807) is 0 Å². The van der Waals surface area contributed by atoms with E-state index in [1.807, 2.05) is 0 Å². The quantitative estimate of drug-likeness (QED) is 0.346. The van der Waals surface area contributed by atoms with Gasteiger partial charge in [-0.2, -0.15) is 12.3 Å². The summed E-state index contributed by atoms with van der Waals surface area (Å²) in [5.74, 6) is 0.980. The normalized spacial score (nSPS) is 17.2. The Bertz CT molecular complexity index is 242. The molecule has 0 radical (unpaired) electrons. The summed E-state index contributed by atoms with van der Waals surface area (Å²) in [5.41, 5.74) is 0. The molecule has 0 N–H and O–H groups in total. The molecule has 1 atom stereocenters. The first-order chi connectivity index (χ1) is 10.9. The molecule has 0 aromatic rings. The third kappa shape index (κ3) is 85.2. The van der Waals surface area contributed by atoms with Crippen molar-refractivity contribution in [1.29, 1.82) is 0 Å². The molecule has 0 bridgehead atoms. The first-order valence-corrected chi connectivity index (χ1v) is 7.38. The third-order valence-corrected chi connectivity index (χ3v) is 2.46. The van der Waals surface area contributed by atoms with Crippen LogP contribution in [0.1, 0.15) is 51.9 Å². The summed E-state index contributed by atoms with van der Waals surface area (Å²) in [6.45, 7) is 2.28. The zero-order valence-electron chi connectivity index (χ0n) is 14.4. The Morgan fingerprint density at radius 2 is 1.08 bits per heavy atom. The fourth-order valence-corrected chi connectivity index (χ4v) is 1.75. The van der Waals surface area contributed by atoms with E-state index >= 15 is 0 Å². The SMILES string of the molecule is CCCCC1[CH-]CCCC1.F[B-](F)(F)F.F[B-](F)(F)F.F[B-](F)(F)F.[K+]. The van der Waals surface area contributed by atoms with Crippen LogP contribution in [0.25, 0.3) is 0 Å². The van der Waals surface area contributed by atoms with E-state index in [1.165, 1.54) is 44.9 Å². The van der Waals surface area contributed by atoms with Crippen molar-refractivity contribution in [3.05, 3.63) is 6.42 Å². The zero-order valence-corrected chi connectivity index (χ0v) is 17.5. The van der Waals surface area contributed by atoms with Gasteiger partial charge in [0, 0.05) is 0 Å². The summed E-state index contributed by atoms with van der Waals surface area (Å²) in [5, 5.41) is 0. The topological polar surface area (TPSA) is 0 Å². The van der Waals surface area contributed by atoms with E-state index in [4.69, 9.17) is 0 Å². The van der Waals surface area contributed by atoms with Gasteiger partial charge in [-0.3, -0.25) is 0 Å². The predicted octanol–water partition coefficient (Wildman–Crippen LogP) is 4.48. The molecule has 16 heteroatoms. The van der Waals surface area contributed by atoms with Crippen molar-refractivity contribution < 1.29 is 103 Å². The van der Waals surface area contributed by atoms with Crippen LogP contribution in [0.15, 0.2) is 0 Å². The minimum atomic E-state index is -6.00. The van der Waals surface area contributed by atoms with Gasteiger partial charge in [0.05, 0.1) is 0 Å². The smallest absolute Gasteiger partial charge is 0.418 e. The molecule has 1 unspecified atom stereocenters. The van der Waals surface area contributed by atoms with Gasteiger partial charge in [0.15, 0.2) is 0 Å². The van der Waals surface area contributed by atoms with Gasteiger partial charge in [0.1, 0.15) is 0 Å². The average molecular weight is 439 g/mol. The van der Waals surface area contributed by atoms with Crippen molar-refractivity contribution in [1.82, 2.24) is 0 Å². The van der Waals surface area contributed by atoms with Gasteiger partial charge in [-0.1, -0.05) is 45.4 Å². The van der Waals surface area contributed by atoms with Crippen LogP contribution in [0.4, 0.5) is 51.8 Å². The molecular weight excluding hydrogens is 420 g/mol. The molecule has 0 nitrogen and oxygen atoms in total. The van der Waals surface area contributed by atoms with Crippen LogP contribution in [0.3, 0.4) is 0 Å². The molecule has 0 amide bonds. The summed E-state index contributed by atoms with van der Waals surface area (Å²) >= 11 is 0. The Balaban J connectivity index is -0.000000132. The summed E-state index contributed by atoms with van der Waals surface area (Å²) in [6.07, 6.45) is 12.6. The second kappa shape index (κ2) is 18.0. The van der Waals surface area contributed by atoms with Gasteiger partial charge in [0.2, 0.25) is 0 Å². The van der Waals surface area contributed by atoms with Crippen LogP contribution in [-0.4, -0.2) is 21.8 Å². The standard InChI is InChI=1S/C10H19.3BF4.K/c1-2-3-7-10-8-5-4-6-9-10;3*2-1(3,4)5;/h8,10H,2-7,9H2,1H3;;;;/q4*-1;+1. The summed E-state index contributed by atoms with van der Waals surface area (Å²) in [7, 11) is -18.0. The molecule has 0 heterocycles. The maximum atomic E-state index is 9.75. The molecule has 0 aromatic heterocycles. The molecule has 0 aliphatic heterocycles. The Kier molecular flexibility index (Phi) is 23.9. The van der Waals surface area contributed by atoms with Gasteiger partial charge < -0.3 is 58.2 Å². The fraction of sp³-hybridized carbons (Fsp3) is 0.900. The molecular formula is C10H19B3F12K-3. The number of rotatable bonds is 3. The molecule has 1 fully saturated rings. The number of hydrogen-bond acceptors (Lipinski definition) is 0. The van der Waals surface area contributed by atoms with E-state index in [9.17, 15) is 51.8 Å². The van der Waals surface area contributed by atoms with Crippen LogP contribution < -0.4 is 51.4 Å². The van der Waals surface area contributed by atoms with Crippen LogP contribution in [0, 0.1) is 12.3 Å². The zero-order chi connectivity index (χ0) is 20.7. The molecule has 0 saturated heterocycles. The molecule has 0 spiro atoms. The van der Waals surface area contributed by atoms with Crippen LogP contribution >= 0.6 is 0 Å². The average Bonchev–Trinajstić information content (AvgIpc) is 2.31. The molecule has 0 aromatic carbocycles. The van der Waals surface area contributed by atoms with Crippen molar-refractivity contribution in [2.24, 2.45) is 5.92 Å². The largest absolute Gasteiger partial charge is 1.00 e. The first kappa shape index (κ1) is 34.5. The maximum Gasteiger partial charge on any atom is 1.00 e. The van der Waals surface area contributed by atoms with Gasteiger partial charge in [0.25, 0.3) is 0 Å². The van der Waals surface area contributed by atoms with Crippen LogP contribution in [0.5, 0.6) is 0 Å². The predicted molar refractivity (Wildman–Crippen MR) is 76.3 cm³/mol. The number of hydrogen-bond donors (Lipinski definition) is 0. The Hall–Kier alpha value is 0.991. The second-order valence-electron chi connectivity index (χ2n) is 4.91. The summed E-state index contributed by atoms with van der Waals surface area (Å²) < 4.78 is 117. The minimum absolute atomic E-state index is 0. The van der Waals surface area contributed by atoms with Crippen LogP contribution in [0.2, 0.25) is 0 Å². The van der Waals surface area contributed by atoms with Crippen molar-refractivity contribution in [3.8, 4) is 0 Å². The third-order valence-electron chi connectivity index (χ3n) is 2.46. The molecule has 1 saturated carbocycles. The summed E-state index contributed by atoms with van der Waals surface area (Å²) in [6, 6.07) is 0. The van der Waals surface area contributed by atoms with Crippen molar-refractivity contribution in [2.45, 2.75) is 51.9 Å². The number of halogens is 12. The number of unbranched alkanes of at least 4 members (excludes halogenated alkanes) is 1. The van der Waals surface area contributed by atoms with E-state index in [-0.39, 0.29) is 51.4 Å². The molecule has 1 rings (SSSR count). The molecule has 1 aliphatic rings. The van der Waals surface area contributed by atoms with Crippen molar-refractivity contribution >= 4 is 21.8 Å². The minimum Gasteiger partial charge on any atom is -0.418 e. The van der Waals surface area contributed by atoms with E-state index in [2.05, 4.69) is 13.3 Å². The van der Waals surface area contributed by atoms with E-state index in [0.29, 0.717) is 0 Å². The second-order valence-corrected chi connectivity index (χ2v) is 4.91. The van der Waals surface area contributed by atoms with Crippen molar-refractivity contribution in [3.63, 3.8) is 0 Å². The molecule has 156 valence electrons. The van der Waals surface area contributed by atoms with Crippen molar-refractivity contribution in [2.75, 3.05) is 0 Å². The Morgan fingerprint density at radius 3 is 1.31 bits per heavy atom. The molecule has 26 heavy (non-hydrogen) atoms. The Labute approximate surface area is 188 Å². The summed E-state index contributed by atoms with van der Waals surface area (Å²) in [4.78, 5) is 0. The Morgan fingerprint density at radius 1 is 0.731 bits per heavy atom. The van der Waals surface area contributed by atoms with Gasteiger partial charge in [-0.15, -0.1) is 0 Å². The van der Waals surface area contributed by atoms with E-state index in [0.717, 1.165) is 5.92 Å². The van der Waals surface area contributed by atoms with Gasteiger partial charge in [-0.05, 0) is 0 Å². The monoisotopic (exact) mass is 439 g/mol. The van der Waals surface area contributed by atoms with Crippen LogP contribution in [-0.2, 0) is 0 Å². The fourth-order valence-electron chi connectivity index (χ4n) is 1.75. The van der Waals surface area contributed by atoms with E-state index < -0.39 is 21.8 Å². The first-order valence-electron chi connectivity index (χ1n) is 7.38. The van der Waals surface area contributed by atoms with Gasteiger partial charge in [-0.25, -0.2) is 0 Å². The van der Waals surface area contributed by atoms with Gasteiger partial charge >= 0.3 is 73.1 Å². The molecule has 1 aliphatic carbocycles. The maximum absolute atomic E-state index is 9.75.